The van der Waals surface area contributed by atoms with Gasteiger partial charge in [0.2, 0.25) is 17.7 Å². The second kappa shape index (κ2) is 7.08. The Morgan fingerprint density at radius 3 is 2.58 bits per heavy atom. The zero-order chi connectivity index (χ0) is 18.3. The van der Waals surface area contributed by atoms with Gasteiger partial charge in [-0.2, -0.15) is 0 Å². The molecule has 26 heavy (non-hydrogen) atoms. The number of carbonyl (C=O) groups excluding carboxylic acids is 3. The SMILES string of the molecule is O=C(CN1C(=O)[C@@H]2CC=CC[C@H]2C1=O)N[C@@H]1CCSc2ccc(Cl)cc21. The first-order valence-corrected chi connectivity index (χ1v) is 10.1. The number of thioether (sulfide) groups is 1. The third-order valence-electron chi connectivity index (χ3n) is 5.25. The lowest BCUT2D eigenvalue weighted by Crippen LogP contribution is -2.42. The minimum Gasteiger partial charge on any atom is -0.348 e. The fourth-order valence-electron chi connectivity index (χ4n) is 3.92. The summed E-state index contributed by atoms with van der Waals surface area (Å²) in [6.07, 6.45) is 5.84. The second-order valence-electron chi connectivity index (χ2n) is 6.86. The number of hydrogen-bond acceptors (Lipinski definition) is 4. The highest BCUT2D eigenvalue weighted by Crippen LogP contribution is 2.38. The third kappa shape index (κ3) is 3.16. The quantitative estimate of drug-likeness (QED) is 0.636. The number of nitrogens with one attached hydrogen (secondary N) is 1. The molecule has 5 nitrogen and oxygen atoms in total. The summed E-state index contributed by atoms with van der Waals surface area (Å²) in [5.41, 5.74) is 0.999. The van der Waals surface area contributed by atoms with Crippen LogP contribution in [0.1, 0.15) is 30.9 Å². The number of amides is 3. The maximum atomic E-state index is 12.5. The van der Waals surface area contributed by atoms with Crippen LogP contribution in [0.4, 0.5) is 0 Å². The van der Waals surface area contributed by atoms with Crippen molar-refractivity contribution < 1.29 is 14.4 Å². The van der Waals surface area contributed by atoms with Crippen LogP contribution < -0.4 is 5.32 Å². The Bertz CT molecular complexity index is 784. The molecule has 0 aromatic heterocycles. The fraction of sp³-hybridized carbons (Fsp3) is 0.421. The maximum Gasteiger partial charge on any atom is 0.240 e. The number of nitrogens with zero attached hydrogens (tertiary/aromatic N) is 1. The van der Waals surface area contributed by atoms with E-state index < -0.39 is 0 Å². The average molecular weight is 391 g/mol. The van der Waals surface area contributed by atoms with Gasteiger partial charge in [-0.25, -0.2) is 0 Å². The molecule has 136 valence electrons. The third-order valence-corrected chi connectivity index (χ3v) is 6.60. The predicted molar refractivity (Wildman–Crippen MR) is 99.8 cm³/mol. The molecule has 1 fully saturated rings. The first-order valence-electron chi connectivity index (χ1n) is 8.76. The van der Waals surface area contributed by atoms with Crippen molar-refractivity contribution >= 4 is 41.1 Å². The summed E-state index contributed by atoms with van der Waals surface area (Å²) in [5, 5.41) is 3.61. The highest BCUT2D eigenvalue weighted by Gasteiger charge is 2.47. The summed E-state index contributed by atoms with van der Waals surface area (Å²) in [6, 6.07) is 5.54. The Hall–Kier alpha value is -1.79. The molecule has 0 radical (unpaired) electrons. The van der Waals surface area contributed by atoms with Gasteiger partial charge in [0, 0.05) is 15.7 Å². The molecule has 4 rings (SSSR count). The van der Waals surface area contributed by atoms with Crippen molar-refractivity contribution in [1.29, 1.82) is 0 Å². The van der Waals surface area contributed by atoms with Crippen LogP contribution in [0.25, 0.3) is 0 Å². The van der Waals surface area contributed by atoms with E-state index in [2.05, 4.69) is 5.32 Å². The molecule has 0 unspecified atom stereocenters. The van der Waals surface area contributed by atoms with Gasteiger partial charge in [0.15, 0.2) is 0 Å². The first kappa shape index (κ1) is 17.6. The molecule has 1 N–H and O–H groups in total. The van der Waals surface area contributed by atoms with E-state index in [0.717, 1.165) is 27.5 Å². The minimum atomic E-state index is -0.305. The summed E-state index contributed by atoms with van der Waals surface area (Å²) < 4.78 is 0. The molecular formula is C19H19ClN2O3S. The molecule has 3 aliphatic rings. The Morgan fingerprint density at radius 2 is 1.88 bits per heavy atom. The van der Waals surface area contributed by atoms with Gasteiger partial charge in [-0.3, -0.25) is 19.3 Å². The summed E-state index contributed by atoms with van der Waals surface area (Å²) in [6.45, 7) is -0.204. The Labute approximate surface area is 161 Å². The Balaban J connectivity index is 1.45. The van der Waals surface area contributed by atoms with Crippen molar-refractivity contribution in [3.8, 4) is 0 Å². The first-order chi connectivity index (χ1) is 12.5. The number of halogens is 1. The van der Waals surface area contributed by atoms with Crippen molar-refractivity contribution in [2.24, 2.45) is 11.8 Å². The zero-order valence-corrected chi connectivity index (χ0v) is 15.7. The van der Waals surface area contributed by atoms with Gasteiger partial charge in [0.1, 0.15) is 6.54 Å². The van der Waals surface area contributed by atoms with Crippen LogP contribution in [-0.2, 0) is 14.4 Å². The number of allylic oxidation sites excluding steroid dienone is 2. The normalized spacial score (nSPS) is 27.3. The molecule has 1 aromatic rings. The summed E-state index contributed by atoms with van der Waals surface area (Å²) in [4.78, 5) is 39.8. The lowest BCUT2D eigenvalue weighted by atomic mass is 9.85. The minimum absolute atomic E-state index is 0.144. The highest BCUT2D eigenvalue weighted by atomic mass is 35.5. The zero-order valence-electron chi connectivity index (χ0n) is 14.1. The van der Waals surface area contributed by atoms with Crippen LogP contribution in [0.3, 0.4) is 0 Å². The predicted octanol–water partition coefficient (Wildman–Crippen LogP) is 2.94. The van der Waals surface area contributed by atoms with Crippen molar-refractivity contribution in [2.75, 3.05) is 12.3 Å². The lowest BCUT2D eigenvalue weighted by Gasteiger charge is -2.27. The summed E-state index contributed by atoms with van der Waals surface area (Å²) >= 11 is 7.84. The number of rotatable bonds is 3. The van der Waals surface area contributed by atoms with Crippen molar-refractivity contribution in [1.82, 2.24) is 10.2 Å². The highest BCUT2D eigenvalue weighted by molar-refractivity contribution is 7.99. The van der Waals surface area contributed by atoms with E-state index in [0.29, 0.717) is 17.9 Å². The largest absolute Gasteiger partial charge is 0.348 e. The molecule has 2 heterocycles. The van der Waals surface area contributed by atoms with E-state index in [1.807, 2.05) is 30.4 Å². The van der Waals surface area contributed by atoms with Crippen LogP contribution in [0, 0.1) is 11.8 Å². The molecule has 1 saturated heterocycles. The van der Waals surface area contributed by atoms with E-state index in [1.165, 1.54) is 0 Å². The topological polar surface area (TPSA) is 66.5 Å². The summed E-state index contributed by atoms with van der Waals surface area (Å²) in [5.74, 6) is -0.445. The van der Waals surface area contributed by atoms with Gasteiger partial charge >= 0.3 is 0 Å². The van der Waals surface area contributed by atoms with Gasteiger partial charge in [-0.1, -0.05) is 23.8 Å². The molecule has 0 bridgehead atoms. The van der Waals surface area contributed by atoms with Gasteiger partial charge < -0.3 is 5.32 Å². The van der Waals surface area contributed by atoms with E-state index >= 15 is 0 Å². The standard InChI is InChI=1S/C19H19ClN2O3S/c20-11-5-6-16-14(9-11)15(7-8-26-16)21-17(23)10-22-18(24)12-3-1-2-4-13(12)19(22)25/h1-2,5-6,9,12-13,15H,3-4,7-8,10H2,(H,21,23)/t12-,13-,15-/m1/s1. The van der Waals surface area contributed by atoms with E-state index in [4.69, 9.17) is 11.6 Å². The molecular weight excluding hydrogens is 372 g/mol. The van der Waals surface area contributed by atoms with Crippen molar-refractivity contribution in [3.05, 3.63) is 40.9 Å². The van der Waals surface area contributed by atoms with Crippen LogP contribution in [0.2, 0.25) is 5.02 Å². The number of imide groups is 1. The number of benzene rings is 1. The average Bonchev–Trinajstić information content (AvgIpc) is 2.87. The molecule has 3 atom stereocenters. The van der Waals surface area contributed by atoms with Gasteiger partial charge in [0.25, 0.3) is 0 Å². The Morgan fingerprint density at radius 1 is 1.19 bits per heavy atom. The fourth-order valence-corrected chi connectivity index (χ4v) is 5.21. The number of hydrogen-bond donors (Lipinski definition) is 1. The van der Waals surface area contributed by atoms with Crippen LogP contribution in [0.5, 0.6) is 0 Å². The molecule has 3 amide bonds. The maximum absolute atomic E-state index is 12.5. The second-order valence-corrected chi connectivity index (χ2v) is 8.43. The monoisotopic (exact) mass is 390 g/mol. The van der Waals surface area contributed by atoms with Gasteiger partial charge in [0.05, 0.1) is 17.9 Å². The molecule has 0 saturated carbocycles. The van der Waals surface area contributed by atoms with E-state index in [9.17, 15) is 14.4 Å². The van der Waals surface area contributed by atoms with Crippen LogP contribution in [-0.4, -0.2) is 34.9 Å². The number of carbonyl (C=O) groups is 3. The van der Waals surface area contributed by atoms with Crippen LogP contribution in [0.15, 0.2) is 35.2 Å². The molecule has 7 heteroatoms. The smallest absolute Gasteiger partial charge is 0.240 e. The molecule has 1 aliphatic carbocycles. The lowest BCUT2D eigenvalue weighted by molar-refractivity contribution is -0.143. The van der Waals surface area contributed by atoms with Crippen LogP contribution >= 0.6 is 23.4 Å². The van der Waals surface area contributed by atoms with Crippen molar-refractivity contribution in [3.63, 3.8) is 0 Å². The van der Waals surface area contributed by atoms with E-state index in [-0.39, 0.29) is 42.1 Å². The molecule has 0 spiro atoms. The van der Waals surface area contributed by atoms with E-state index in [1.54, 1.807) is 11.8 Å². The summed E-state index contributed by atoms with van der Waals surface area (Å²) in [7, 11) is 0. The van der Waals surface area contributed by atoms with Crippen molar-refractivity contribution in [2.45, 2.75) is 30.2 Å². The Kier molecular flexibility index (Phi) is 4.80. The molecule has 2 aliphatic heterocycles. The number of fused-ring (bicyclic) bond motifs is 2. The molecule has 1 aromatic carbocycles. The van der Waals surface area contributed by atoms with Gasteiger partial charge in [-0.05, 0) is 43.0 Å². The number of likely N-dealkylation sites (tertiary alicyclic amines) is 1. The van der Waals surface area contributed by atoms with Gasteiger partial charge in [-0.15, -0.1) is 11.8 Å².